The summed E-state index contributed by atoms with van der Waals surface area (Å²) in [4.78, 5) is 11.6. The van der Waals surface area contributed by atoms with Crippen molar-refractivity contribution in [2.24, 2.45) is 0 Å². The quantitative estimate of drug-likeness (QED) is 0.281. The van der Waals surface area contributed by atoms with Crippen molar-refractivity contribution in [2.75, 3.05) is 13.1 Å². The van der Waals surface area contributed by atoms with Crippen molar-refractivity contribution >= 4 is 6.03 Å². The first-order valence-corrected chi connectivity index (χ1v) is 10.8. The highest BCUT2D eigenvalue weighted by Crippen LogP contribution is 2.10. The van der Waals surface area contributed by atoms with E-state index >= 15 is 0 Å². The van der Waals surface area contributed by atoms with Crippen LogP contribution in [0.1, 0.15) is 117 Å². The molecule has 0 aliphatic carbocycles. The highest BCUT2D eigenvalue weighted by molar-refractivity contribution is 5.73. The van der Waals surface area contributed by atoms with E-state index in [9.17, 15) is 4.79 Å². The molecule has 0 unspecified atom stereocenters. The molecular weight excluding hydrogens is 296 g/mol. The fraction of sp³-hybridized carbons (Fsp3) is 0.952. The smallest absolute Gasteiger partial charge is 0.336 e. The van der Waals surface area contributed by atoms with Gasteiger partial charge in [0.15, 0.2) is 0 Å². The largest absolute Gasteiger partial charge is 0.337 e. The molecule has 3 heteroatoms. The summed E-state index contributed by atoms with van der Waals surface area (Å²) >= 11 is 0. The Balaban J connectivity index is 3.12. The molecule has 0 aromatic rings. The molecule has 24 heavy (non-hydrogen) atoms. The summed E-state index contributed by atoms with van der Waals surface area (Å²) < 4.78 is 0. The van der Waals surface area contributed by atoms with E-state index in [-0.39, 0.29) is 6.03 Å². The van der Waals surface area contributed by atoms with Gasteiger partial charge in [-0.15, -0.1) is 0 Å². The summed E-state index contributed by atoms with van der Waals surface area (Å²) in [5.74, 6) is 0. The van der Waals surface area contributed by atoms with Crippen molar-refractivity contribution in [2.45, 2.75) is 117 Å². The van der Waals surface area contributed by atoms with E-state index < -0.39 is 0 Å². The van der Waals surface area contributed by atoms with E-state index in [2.05, 4.69) is 24.5 Å². The van der Waals surface area contributed by atoms with Crippen LogP contribution in [-0.2, 0) is 0 Å². The van der Waals surface area contributed by atoms with Gasteiger partial charge in [-0.05, 0) is 12.8 Å². The Morgan fingerprint density at radius 1 is 0.625 bits per heavy atom. The third-order valence-corrected chi connectivity index (χ3v) is 4.57. The van der Waals surface area contributed by atoms with Crippen molar-refractivity contribution in [3.63, 3.8) is 0 Å². The summed E-state index contributed by atoms with van der Waals surface area (Å²) in [5, 5.41) is 6.99. The molecule has 3 nitrogen and oxygen atoms in total. The van der Waals surface area contributed by atoms with Gasteiger partial charge >= 0.3 is 6.03 Å². The number of hydrogen-bond acceptors (Lipinski definition) is 1. The standard InChI is InChI=1S/C21H43N2O/c1-3-5-7-9-11-12-13-14-16-18-20-23-21(24)22-19-17-15-10-8-6-4-2/h3-20H2,1-2H3,(H,23,24). The molecule has 0 rings (SSSR count). The molecule has 143 valence electrons. The minimum Gasteiger partial charge on any atom is -0.337 e. The number of nitrogens with one attached hydrogen (secondary N) is 1. The Morgan fingerprint density at radius 3 is 1.54 bits per heavy atom. The number of carbonyl (C=O) groups is 1. The Hall–Kier alpha value is -0.730. The van der Waals surface area contributed by atoms with Crippen LogP contribution in [0.3, 0.4) is 0 Å². The number of hydrogen-bond donors (Lipinski definition) is 1. The second kappa shape index (κ2) is 20.3. The maximum Gasteiger partial charge on any atom is 0.336 e. The van der Waals surface area contributed by atoms with Gasteiger partial charge in [-0.25, -0.2) is 10.1 Å². The van der Waals surface area contributed by atoms with Crippen molar-refractivity contribution in [3.05, 3.63) is 0 Å². The molecule has 0 aromatic carbocycles. The molecule has 2 amide bonds. The average molecular weight is 340 g/mol. The maximum atomic E-state index is 11.6. The third kappa shape index (κ3) is 19.3. The normalized spacial score (nSPS) is 10.8. The molecule has 0 aromatic heterocycles. The van der Waals surface area contributed by atoms with Gasteiger partial charge in [0.05, 0.1) is 0 Å². The molecule has 0 heterocycles. The molecule has 1 radical (unpaired) electrons. The van der Waals surface area contributed by atoms with Crippen molar-refractivity contribution < 1.29 is 4.79 Å². The molecule has 0 fully saturated rings. The molecule has 0 saturated carbocycles. The zero-order valence-corrected chi connectivity index (χ0v) is 16.6. The topological polar surface area (TPSA) is 43.2 Å². The SMILES string of the molecule is CCCCCCCCCCCCNC(=O)[N]CCCCCCCC. The molecule has 0 bridgehead atoms. The van der Waals surface area contributed by atoms with Crippen LogP contribution >= 0.6 is 0 Å². The highest BCUT2D eigenvalue weighted by atomic mass is 16.2. The van der Waals surface area contributed by atoms with Crippen LogP contribution < -0.4 is 10.6 Å². The first kappa shape index (κ1) is 23.3. The summed E-state index contributed by atoms with van der Waals surface area (Å²) in [6.07, 6.45) is 20.8. The molecule has 1 N–H and O–H groups in total. The molecule has 0 aliphatic rings. The van der Waals surface area contributed by atoms with E-state index in [1.807, 2.05) is 0 Å². The Kier molecular flexibility index (Phi) is 19.7. The van der Waals surface area contributed by atoms with Crippen LogP contribution in [0.25, 0.3) is 0 Å². The summed E-state index contributed by atoms with van der Waals surface area (Å²) in [6, 6.07) is -0.112. The molecule has 0 aliphatic heterocycles. The van der Waals surface area contributed by atoms with Gasteiger partial charge in [0, 0.05) is 13.1 Å². The minimum absolute atomic E-state index is 0.112. The minimum atomic E-state index is -0.112. The van der Waals surface area contributed by atoms with Gasteiger partial charge in [0.2, 0.25) is 0 Å². The van der Waals surface area contributed by atoms with Crippen LogP contribution in [-0.4, -0.2) is 19.1 Å². The molecule has 0 atom stereocenters. The van der Waals surface area contributed by atoms with Gasteiger partial charge < -0.3 is 5.32 Å². The van der Waals surface area contributed by atoms with Gasteiger partial charge in [-0.3, -0.25) is 0 Å². The Morgan fingerprint density at radius 2 is 1.04 bits per heavy atom. The van der Waals surface area contributed by atoms with Crippen LogP contribution in [0, 0.1) is 0 Å². The summed E-state index contributed by atoms with van der Waals surface area (Å²) in [6.45, 7) is 5.97. The molecule has 0 saturated heterocycles. The summed E-state index contributed by atoms with van der Waals surface area (Å²) in [7, 11) is 0. The molecular formula is C21H43N2O. The van der Waals surface area contributed by atoms with Gasteiger partial charge in [-0.1, -0.05) is 104 Å². The van der Waals surface area contributed by atoms with Crippen molar-refractivity contribution in [3.8, 4) is 0 Å². The van der Waals surface area contributed by atoms with Gasteiger partial charge in [-0.2, -0.15) is 0 Å². The first-order chi connectivity index (χ1) is 11.8. The Bertz CT molecular complexity index is 256. The Labute approximate surface area is 151 Å². The number of urea groups is 1. The maximum absolute atomic E-state index is 11.6. The van der Waals surface area contributed by atoms with E-state index in [0.29, 0.717) is 6.54 Å². The second-order valence-corrected chi connectivity index (χ2v) is 7.06. The van der Waals surface area contributed by atoms with Gasteiger partial charge in [0.25, 0.3) is 0 Å². The monoisotopic (exact) mass is 339 g/mol. The van der Waals surface area contributed by atoms with E-state index in [4.69, 9.17) is 0 Å². The van der Waals surface area contributed by atoms with E-state index in [0.717, 1.165) is 19.4 Å². The lowest BCUT2D eigenvalue weighted by molar-refractivity contribution is 0.239. The van der Waals surface area contributed by atoms with Crippen molar-refractivity contribution in [1.82, 2.24) is 10.6 Å². The fourth-order valence-electron chi connectivity index (χ4n) is 2.94. The fourth-order valence-corrected chi connectivity index (χ4v) is 2.94. The predicted molar refractivity (Wildman–Crippen MR) is 106 cm³/mol. The third-order valence-electron chi connectivity index (χ3n) is 4.57. The molecule has 0 spiro atoms. The van der Waals surface area contributed by atoms with E-state index in [1.54, 1.807) is 0 Å². The number of rotatable bonds is 18. The van der Waals surface area contributed by atoms with Crippen LogP contribution in [0.15, 0.2) is 0 Å². The van der Waals surface area contributed by atoms with Crippen LogP contribution in [0.4, 0.5) is 4.79 Å². The number of unbranched alkanes of at least 4 members (excludes halogenated alkanes) is 14. The lowest BCUT2D eigenvalue weighted by atomic mass is 10.1. The lowest BCUT2D eigenvalue weighted by Crippen LogP contribution is -2.31. The first-order valence-electron chi connectivity index (χ1n) is 10.8. The predicted octanol–water partition coefficient (Wildman–Crippen LogP) is 6.58. The lowest BCUT2D eigenvalue weighted by Gasteiger charge is -2.06. The zero-order chi connectivity index (χ0) is 17.7. The number of nitrogens with zero attached hydrogens (tertiary/aromatic N) is 1. The number of amides is 2. The van der Waals surface area contributed by atoms with Crippen LogP contribution in [0.5, 0.6) is 0 Å². The summed E-state index contributed by atoms with van der Waals surface area (Å²) in [5.41, 5.74) is 0. The average Bonchev–Trinajstić information content (AvgIpc) is 2.59. The van der Waals surface area contributed by atoms with Gasteiger partial charge in [0.1, 0.15) is 0 Å². The second-order valence-electron chi connectivity index (χ2n) is 7.06. The highest BCUT2D eigenvalue weighted by Gasteiger charge is 2.00. The zero-order valence-electron chi connectivity index (χ0n) is 16.6. The van der Waals surface area contributed by atoms with E-state index in [1.165, 1.54) is 89.9 Å². The van der Waals surface area contributed by atoms with Crippen LogP contribution in [0.2, 0.25) is 0 Å². The number of carbonyl (C=O) groups excluding carboxylic acids is 1. The van der Waals surface area contributed by atoms with Crippen molar-refractivity contribution in [1.29, 1.82) is 0 Å².